The van der Waals surface area contributed by atoms with Gasteiger partial charge >= 0.3 is 0 Å². The molecular weight excluding hydrogens is 240 g/mol. The van der Waals surface area contributed by atoms with Gasteiger partial charge in [-0.25, -0.2) is 0 Å². The zero-order valence-corrected chi connectivity index (χ0v) is 13.2. The fraction of sp³-hybridized carbons (Fsp3) is 1.00. The standard InChI is InChI=1S/C14H24O2.C2H6O/c1-13(2)11(15-13)6-4-5-10-7-8-14(3)12(9-10)16-14;1-3-2/h10-12H,4-9H2,1-3H3;1-2H3. The minimum Gasteiger partial charge on any atom is -0.388 e. The van der Waals surface area contributed by atoms with Crippen molar-refractivity contribution in [2.45, 2.75) is 82.7 Å². The molecule has 2 aliphatic heterocycles. The first kappa shape index (κ1) is 15.3. The summed E-state index contributed by atoms with van der Waals surface area (Å²) in [6.07, 6.45) is 9.08. The highest BCUT2D eigenvalue weighted by Gasteiger charge is 2.55. The summed E-state index contributed by atoms with van der Waals surface area (Å²) in [5.74, 6) is 0.919. The van der Waals surface area contributed by atoms with Gasteiger partial charge in [-0.1, -0.05) is 12.8 Å². The monoisotopic (exact) mass is 270 g/mol. The summed E-state index contributed by atoms with van der Waals surface area (Å²) in [4.78, 5) is 0. The summed E-state index contributed by atoms with van der Waals surface area (Å²) in [6, 6.07) is 0. The molecule has 0 aromatic heterocycles. The SMILES string of the molecule is CC1(C)OC1CCCC1CCC2(C)OC2C1.COC. The van der Waals surface area contributed by atoms with Crippen LogP contribution < -0.4 is 0 Å². The molecule has 3 fully saturated rings. The van der Waals surface area contributed by atoms with Crippen LogP contribution >= 0.6 is 0 Å². The molecule has 3 heteroatoms. The predicted molar refractivity (Wildman–Crippen MR) is 76.4 cm³/mol. The van der Waals surface area contributed by atoms with E-state index in [1.165, 1.54) is 38.5 Å². The fourth-order valence-electron chi connectivity index (χ4n) is 3.31. The number of rotatable bonds is 4. The summed E-state index contributed by atoms with van der Waals surface area (Å²) < 4.78 is 15.6. The first-order valence-electron chi connectivity index (χ1n) is 7.67. The van der Waals surface area contributed by atoms with Crippen LogP contribution in [0.4, 0.5) is 0 Å². The third-order valence-electron chi connectivity index (χ3n) is 4.87. The van der Waals surface area contributed by atoms with Crippen molar-refractivity contribution in [2.24, 2.45) is 5.92 Å². The molecule has 3 aliphatic rings. The van der Waals surface area contributed by atoms with E-state index in [0.717, 1.165) is 5.92 Å². The summed E-state index contributed by atoms with van der Waals surface area (Å²) in [7, 11) is 3.25. The van der Waals surface area contributed by atoms with E-state index in [1.807, 2.05) is 0 Å². The Labute approximate surface area is 118 Å². The Hall–Kier alpha value is -0.120. The van der Waals surface area contributed by atoms with Crippen molar-refractivity contribution >= 4 is 0 Å². The van der Waals surface area contributed by atoms with E-state index < -0.39 is 0 Å². The maximum atomic E-state index is 5.74. The molecule has 4 unspecified atom stereocenters. The Kier molecular flexibility index (Phi) is 4.59. The zero-order chi connectivity index (χ0) is 14.1. The van der Waals surface area contributed by atoms with E-state index in [-0.39, 0.29) is 11.2 Å². The van der Waals surface area contributed by atoms with E-state index in [2.05, 4.69) is 25.5 Å². The van der Waals surface area contributed by atoms with Crippen LogP contribution in [0.15, 0.2) is 0 Å². The molecule has 0 aromatic carbocycles. The van der Waals surface area contributed by atoms with Gasteiger partial charge in [0.2, 0.25) is 0 Å². The summed E-state index contributed by atoms with van der Waals surface area (Å²) in [5, 5.41) is 0. The highest BCUT2D eigenvalue weighted by atomic mass is 16.6. The summed E-state index contributed by atoms with van der Waals surface area (Å²) in [5.41, 5.74) is 0.475. The molecule has 0 spiro atoms. The second-order valence-electron chi connectivity index (χ2n) is 7.11. The van der Waals surface area contributed by atoms with Gasteiger partial charge in [0.05, 0.1) is 23.4 Å². The number of hydrogen-bond donors (Lipinski definition) is 0. The van der Waals surface area contributed by atoms with E-state index in [0.29, 0.717) is 12.2 Å². The molecule has 2 heterocycles. The number of ether oxygens (including phenoxy) is 3. The van der Waals surface area contributed by atoms with Gasteiger partial charge in [-0.15, -0.1) is 0 Å². The first-order chi connectivity index (χ1) is 8.91. The molecule has 1 saturated carbocycles. The van der Waals surface area contributed by atoms with E-state index in [1.54, 1.807) is 14.2 Å². The summed E-state index contributed by atoms with van der Waals surface area (Å²) in [6.45, 7) is 6.66. The van der Waals surface area contributed by atoms with Gasteiger partial charge in [-0.2, -0.15) is 0 Å². The van der Waals surface area contributed by atoms with Crippen molar-refractivity contribution in [3.05, 3.63) is 0 Å². The second kappa shape index (κ2) is 5.71. The van der Waals surface area contributed by atoms with Gasteiger partial charge in [0.15, 0.2) is 0 Å². The number of fused-ring (bicyclic) bond motifs is 1. The van der Waals surface area contributed by atoms with E-state index >= 15 is 0 Å². The number of epoxide rings is 2. The van der Waals surface area contributed by atoms with Crippen LogP contribution in [-0.2, 0) is 14.2 Å². The van der Waals surface area contributed by atoms with Crippen LogP contribution in [0.3, 0.4) is 0 Å². The molecule has 0 amide bonds. The lowest BCUT2D eigenvalue weighted by Crippen LogP contribution is -2.21. The maximum Gasteiger partial charge on any atom is 0.0920 e. The molecule has 112 valence electrons. The molecular formula is C16H30O3. The highest BCUT2D eigenvalue weighted by Crippen LogP contribution is 2.50. The average molecular weight is 270 g/mol. The van der Waals surface area contributed by atoms with Crippen LogP contribution in [-0.4, -0.2) is 37.6 Å². The Morgan fingerprint density at radius 2 is 1.74 bits per heavy atom. The van der Waals surface area contributed by atoms with Gasteiger partial charge in [0, 0.05) is 14.2 Å². The Bertz CT molecular complexity index is 302. The predicted octanol–water partition coefficient (Wildman–Crippen LogP) is 3.55. The minimum absolute atomic E-state index is 0.185. The molecule has 3 rings (SSSR count). The Balaban J connectivity index is 0.000000408. The third kappa shape index (κ3) is 3.93. The van der Waals surface area contributed by atoms with Gasteiger partial charge < -0.3 is 14.2 Å². The molecule has 4 atom stereocenters. The molecule has 19 heavy (non-hydrogen) atoms. The molecule has 2 saturated heterocycles. The highest BCUT2D eigenvalue weighted by molar-refractivity contribution is 5.03. The van der Waals surface area contributed by atoms with Gasteiger partial charge in [-0.05, 0) is 52.4 Å². The van der Waals surface area contributed by atoms with Crippen molar-refractivity contribution in [3.8, 4) is 0 Å². The molecule has 0 radical (unpaired) electrons. The summed E-state index contributed by atoms with van der Waals surface area (Å²) >= 11 is 0. The molecule has 0 N–H and O–H groups in total. The van der Waals surface area contributed by atoms with Crippen LogP contribution in [0.25, 0.3) is 0 Å². The number of methoxy groups -OCH3 is 1. The van der Waals surface area contributed by atoms with Crippen molar-refractivity contribution in [2.75, 3.05) is 14.2 Å². The fourth-order valence-corrected chi connectivity index (χ4v) is 3.31. The average Bonchev–Trinajstić information content (AvgIpc) is 3.16. The normalized spacial score (nSPS) is 41.8. The van der Waals surface area contributed by atoms with Gasteiger partial charge in [0.1, 0.15) is 0 Å². The lowest BCUT2D eigenvalue weighted by Gasteiger charge is -2.22. The van der Waals surface area contributed by atoms with E-state index in [4.69, 9.17) is 9.47 Å². The largest absolute Gasteiger partial charge is 0.388 e. The third-order valence-corrected chi connectivity index (χ3v) is 4.87. The lowest BCUT2D eigenvalue weighted by molar-refractivity contribution is 0.277. The molecule has 3 nitrogen and oxygen atoms in total. The van der Waals surface area contributed by atoms with Crippen LogP contribution in [0.2, 0.25) is 0 Å². The van der Waals surface area contributed by atoms with Crippen molar-refractivity contribution in [1.82, 2.24) is 0 Å². The van der Waals surface area contributed by atoms with Crippen molar-refractivity contribution in [1.29, 1.82) is 0 Å². The smallest absolute Gasteiger partial charge is 0.0920 e. The maximum absolute atomic E-state index is 5.74. The van der Waals surface area contributed by atoms with Crippen LogP contribution in [0.5, 0.6) is 0 Å². The topological polar surface area (TPSA) is 34.3 Å². The first-order valence-corrected chi connectivity index (χ1v) is 7.67. The van der Waals surface area contributed by atoms with E-state index in [9.17, 15) is 0 Å². The molecule has 0 bridgehead atoms. The molecule has 0 aromatic rings. The zero-order valence-electron chi connectivity index (χ0n) is 13.2. The Morgan fingerprint density at radius 1 is 1.11 bits per heavy atom. The lowest BCUT2D eigenvalue weighted by atomic mass is 9.80. The second-order valence-corrected chi connectivity index (χ2v) is 7.11. The minimum atomic E-state index is 0.185. The van der Waals surface area contributed by atoms with Crippen molar-refractivity contribution < 1.29 is 14.2 Å². The van der Waals surface area contributed by atoms with Crippen LogP contribution in [0.1, 0.15) is 59.3 Å². The Morgan fingerprint density at radius 3 is 2.26 bits per heavy atom. The quantitative estimate of drug-likeness (QED) is 0.733. The van der Waals surface area contributed by atoms with Crippen LogP contribution in [0, 0.1) is 5.92 Å². The van der Waals surface area contributed by atoms with Crippen molar-refractivity contribution in [3.63, 3.8) is 0 Å². The van der Waals surface area contributed by atoms with Gasteiger partial charge in [-0.3, -0.25) is 0 Å². The van der Waals surface area contributed by atoms with Gasteiger partial charge in [0.25, 0.3) is 0 Å². The molecule has 1 aliphatic carbocycles. The number of hydrogen-bond acceptors (Lipinski definition) is 3.